The topological polar surface area (TPSA) is 150 Å². The van der Waals surface area contributed by atoms with Gasteiger partial charge in [-0.05, 0) is 22.7 Å². The molecule has 2 aromatic carbocycles. The predicted octanol–water partition coefficient (Wildman–Crippen LogP) is 2.88. The average Bonchev–Trinajstić information content (AvgIpc) is 3.44. The molecule has 2 aliphatic heterocycles. The van der Waals surface area contributed by atoms with E-state index in [0.29, 0.717) is 16.6 Å². The monoisotopic (exact) mass is 626 g/mol. The highest BCUT2D eigenvalue weighted by Gasteiger charge is 2.60. The average molecular weight is 627 g/mol. The fourth-order valence-electron chi connectivity index (χ4n) is 6.06. The fourth-order valence-corrected chi connectivity index (χ4v) is 8.40. The van der Waals surface area contributed by atoms with Crippen LogP contribution in [0.1, 0.15) is 40.8 Å². The second-order valence-corrected chi connectivity index (χ2v) is 14.7. The van der Waals surface area contributed by atoms with Crippen molar-refractivity contribution in [1.29, 1.82) is 0 Å². The molecule has 2 aromatic heterocycles. The van der Waals surface area contributed by atoms with Crippen LogP contribution in [-0.2, 0) is 18.7 Å². The number of aliphatic imine (C=N–C) groups is 1. The van der Waals surface area contributed by atoms with Crippen LogP contribution in [0.25, 0.3) is 10.8 Å². The summed E-state index contributed by atoms with van der Waals surface area (Å²) in [4.78, 5) is 33.5. The summed E-state index contributed by atoms with van der Waals surface area (Å²) in [5.41, 5.74) is 3.74. The van der Waals surface area contributed by atoms with Crippen LogP contribution in [0.4, 0.5) is 17.3 Å². The highest BCUT2D eigenvalue weighted by Crippen LogP contribution is 2.49. The predicted molar refractivity (Wildman–Crippen MR) is 175 cm³/mol. The normalized spacial score (nSPS) is 23.2. The number of aliphatic hydroxyl groups is 1. The van der Waals surface area contributed by atoms with Crippen molar-refractivity contribution in [2.24, 2.45) is 10.4 Å². The first-order valence-corrected chi connectivity index (χ1v) is 16.1. The van der Waals surface area contributed by atoms with Crippen molar-refractivity contribution in [2.45, 2.75) is 64.8 Å². The van der Waals surface area contributed by atoms with Crippen molar-refractivity contribution in [3.8, 4) is 0 Å². The van der Waals surface area contributed by atoms with Gasteiger partial charge in [0, 0.05) is 30.3 Å². The number of nitrogens with one attached hydrogen (secondary N) is 1. The van der Waals surface area contributed by atoms with Gasteiger partial charge in [-0.2, -0.15) is 4.98 Å². The molecule has 1 radical (unpaired) electrons. The summed E-state index contributed by atoms with van der Waals surface area (Å²) in [5, 5.41) is 18.2. The maximum atomic E-state index is 12.5. The van der Waals surface area contributed by atoms with Gasteiger partial charge in [-0.3, -0.25) is 9.59 Å². The summed E-state index contributed by atoms with van der Waals surface area (Å²) in [6, 6.07) is 21.3. The van der Waals surface area contributed by atoms with E-state index in [1.807, 2.05) is 81.4 Å². The van der Waals surface area contributed by atoms with Crippen LogP contribution in [0.3, 0.4) is 0 Å². The highest BCUT2D eigenvalue weighted by molar-refractivity contribution is 6.80. The van der Waals surface area contributed by atoms with Gasteiger partial charge in [0.1, 0.15) is 23.3 Å². The number of nitrogen functional groups attached to an aromatic ring is 1. The lowest BCUT2D eigenvalue weighted by Gasteiger charge is -2.39. The molecule has 0 saturated carbocycles. The standard InChI is InChI=1S/C33H36N5O6Si/c1-19(39)42-28-26(27(32(2,3)4)44-45(20-12-8-6-9-13-20)21-14-10-7-11-15-21)43-31(33(28,5)41)38-17-22-23(34)16-24(40)37-29-25(22)30(38)36-18-35-29/h6-18,26-28,31,41H,34H2,1-5H3,(H,35,36,37,40). The Morgan fingerprint density at radius 3 is 2.33 bits per heavy atom. The van der Waals surface area contributed by atoms with Gasteiger partial charge in [0.05, 0.1) is 17.8 Å². The molecular formula is C33H36N5O6Si. The maximum Gasteiger partial charge on any atom is 0.303 e. The van der Waals surface area contributed by atoms with E-state index in [2.05, 4.69) is 15.3 Å². The van der Waals surface area contributed by atoms with Crippen molar-refractivity contribution >= 4 is 59.8 Å². The van der Waals surface area contributed by atoms with E-state index in [0.717, 1.165) is 10.4 Å². The summed E-state index contributed by atoms with van der Waals surface area (Å²) in [7, 11) is -1.83. The number of anilines is 2. The molecule has 1 fully saturated rings. The molecule has 11 nitrogen and oxygen atoms in total. The Hall–Kier alpha value is -4.36. The lowest BCUT2D eigenvalue weighted by atomic mass is 9.82. The van der Waals surface area contributed by atoms with Gasteiger partial charge in [-0.25, -0.2) is 4.99 Å². The molecule has 45 heavy (non-hydrogen) atoms. The molecule has 4 N–H and O–H groups in total. The van der Waals surface area contributed by atoms with Crippen molar-refractivity contribution < 1.29 is 23.8 Å². The minimum atomic E-state index is -1.83. The smallest absolute Gasteiger partial charge is 0.303 e. The summed E-state index contributed by atoms with van der Waals surface area (Å²) in [5.74, 6) is 0.105. The quantitative estimate of drug-likeness (QED) is 0.208. The molecule has 5 atom stereocenters. The number of aromatic nitrogens is 2. The van der Waals surface area contributed by atoms with Crippen molar-refractivity contribution in [3.63, 3.8) is 0 Å². The van der Waals surface area contributed by atoms with Crippen LogP contribution in [0, 0.1) is 5.41 Å². The first-order valence-electron chi connectivity index (χ1n) is 14.7. The van der Waals surface area contributed by atoms with E-state index in [-0.39, 0.29) is 11.5 Å². The minimum absolute atomic E-state index is 0.201. The third-order valence-electron chi connectivity index (χ3n) is 8.12. The molecule has 1 saturated heterocycles. The summed E-state index contributed by atoms with van der Waals surface area (Å²) in [6.45, 7) is 8.98. The zero-order valence-electron chi connectivity index (χ0n) is 25.7. The third kappa shape index (κ3) is 5.66. The van der Waals surface area contributed by atoms with E-state index < -0.39 is 56.1 Å². The number of nitrogens with zero attached hydrogens (tertiary/aromatic N) is 3. The number of carbonyl (C=O) groups excluding carboxylic acids is 1. The molecule has 4 aromatic rings. The Morgan fingerprint density at radius 1 is 1.13 bits per heavy atom. The number of nitrogens with two attached hydrogens (primary N) is 1. The van der Waals surface area contributed by atoms with Gasteiger partial charge in [0.2, 0.25) is 0 Å². The van der Waals surface area contributed by atoms with E-state index in [1.54, 1.807) is 17.7 Å². The van der Waals surface area contributed by atoms with E-state index in [1.165, 1.54) is 19.3 Å². The Labute approximate surface area is 262 Å². The SMILES string of the molecule is CC(=O)OC1C(C(O[Si](c2ccccc2)c2ccccc2)C(C)(C)C)OC(n2cc3c(N)cc(=O)nc4c3c2N=CN4)C1(C)O. The van der Waals surface area contributed by atoms with Crippen LogP contribution in [0.5, 0.6) is 0 Å². The molecule has 4 heterocycles. The van der Waals surface area contributed by atoms with Crippen LogP contribution in [0.2, 0.25) is 0 Å². The maximum absolute atomic E-state index is 12.5. The van der Waals surface area contributed by atoms with Crippen LogP contribution >= 0.6 is 0 Å². The molecule has 0 aliphatic carbocycles. The molecule has 0 bridgehead atoms. The Kier molecular flexibility index (Phi) is 7.85. The lowest BCUT2D eigenvalue weighted by Crippen LogP contribution is -2.57. The number of hydrogen-bond acceptors (Lipinski definition) is 10. The second kappa shape index (κ2) is 11.5. The third-order valence-corrected chi connectivity index (χ3v) is 10.3. The zero-order valence-corrected chi connectivity index (χ0v) is 26.7. The van der Waals surface area contributed by atoms with Crippen LogP contribution in [0.15, 0.2) is 82.7 Å². The minimum Gasteiger partial charge on any atom is -0.456 e. The Balaban J connectivity index is 1.48. The van der Waals surface area contributed by atoms with Crippen LogP contribution in [-0.4, -0.2) is 59.9 Å². The van der Waals surface area contributed by atoms with E-state index >= 15 is 0 Å². The second-order valence-electron chi connectivity index (χ2n) is 12.6. The number of benzene rings is 2. The lowest BCUT2D eigenvalue weighted by molar-refractivity contribution is -0.164. The molecule has 6 rings (SSSR count). The van der Waals surface area contributed by atoms with Crippen LogP contribution < -0.4 is 27.0 Å². The van der Waals surface area contributed by atoms with Gasteiger partial charge in [0.15, 0.2) is 12.3 Å². The number of rotatable bonds is 7. The fraction of sp³-hybridized carbons (Fsp3) is 0.333. The van der Waals surface area contributed by atoms with Gasteiger partial charge in [0.25, 0.3) is 14.6 Å². The summed E-state index contributed by atoms with van der Waals surface area (Å²) in [6.07, 6.45) is -0.618. The first-order chi connectivity index (χ1) is 21.4. The molecule has 0 amide bonds. The number of esters is 1. The zero-order chi connectivity index (χ0) is 32.1. The Morgan fingerprint density at radius 2 is 1.76 bits per heavy atom. The highest BCUT2D eigenvalue weighted by atomic mass is 28.3. The molecule has 233 valence electrons. The molecular weight excluding hydrogens is 590 g/mol. The number of hydrogen-bond donors (Lipinski definition) is 3. The molecule has 2 aliphatic rings. The van der Waals surface area contributed by atoms with Crippen molar-refractivity contribution in [1.82, 2.24) is 9.55 Å². The van der Waals surface area contributed by atoms with Gasteiger partial charge < -0.3 is 34.6 Å². The Bertz CT molecular complexity index is 1780. The number of ether oxygens (including phenoxy) is 2. The molecule has 12 heteroatoms. The molecule has 0 spiro atoms. The van der Waals surface area contributed by atoms with E-state index in [4.69, 9.17) is 19.6 Å². The van der Waals surface area contributed by atoms with Gasteiger partial charge in [-0.1, -0.05) is 81.4 Å². The van der Waals surface area contributed by atoms with Gasteiger partial charge >= 0.3 is 5.97 Å². The van der Waals surface area contributed by atoms with Gasteiger partial charge in [-0.15, -0.1) is 0 Å². The van der Waals surface area contributed by atoms with Crippen molar-refractivity contribution in [3.05, 3.63) is 83.3 Å². The van der Waals surface area contributed by atoms with E-state index in [9.17, 15) is 14.7 Å². The number of carbonyl (C=O) groups is 1. The first kappa shape index (κ1) is 30.7. The van der Waals surface area contributed by atoms with Crippen molar-refractivity contribution in [2.75, 3.05) is 11.1 Å². The largest absolute Gasteiger partial charge is 0.456 e. The summed E-state index contributed by atoms with van der Waals surface area (Å²) >= 11 is 0. The molecule has 5 unspecified atom stereocenters. The summed E-state index contributed by atoms with van der Waals surface area (Å²) < 4.78 is 21.4.